The second-order valence-corrected chi connectivity index (χ2v) is 4.76. The van der Waals surface area contributed by atoms with Gasteiger partial charge in [0.15, 0.2) is 0 Å². The molecule has 0 unspecified atom stereocenters. The van der Waals surface area contributed by atoms with E-state index >= 15 is 0 Å². The average molecular weight is 282 g/mol. The summed E-state index contributed by atoms with van der Waals surface area (Å²) in [4.78, 5) is 10.8. The third-order valence-electron chi connectivity index (χ3n) is 3.22. The van der Waals surface area contributed by atoms with Gasteiger partial charge in [-0.3, -0.25) is 4.79 Å². The van der Waals surface area contributed by atoms with Crippen LogP contribution < -0.4 is 4.74 Å². The number of furan rings is 1. The number of carboxylic acids is 1. The van der Waals surface area contributed by atoms with Crippen LogP contribution >= 0.6 is 0 Å². The first-order valence-electron chi connectivity index (χ1n) is 6.61. The Bertz CT molecular complexity index is 759. The van der Waals surface area contributed by atoms with Crippen molar-refractivity contribution in [3.05, 3.63) is 65.9 Å². The molecule has 0 amide bonds. The second kappa shape index (κ2) is 5.71. The summed E-state index contributed by atoms with van der Waals surface area (Å²) in [6.07, 6.45) is 1.44. The van der Waals surface area contributed by atoms with Crippen LogP contribution in [0.25, 0.3) is 11.0 Å². The molecule has 0 radical (unpaired) electrons. The van der Waals surface area contributed by atoms with Crippen molar-refractivity contribution in [1.29, 1.82) is 0 Å². The number of hydrogen-bond donors (Lipinski definition) is 1. The molecule has 21 heavy (non-hydrogen) atoms. The van der Waals surface area contributed by atoms with Gasteiger partial charge in [-0.1, -0.05) is 30.3 Å². The highest BCUT2D eigenvalue weighted by atomic mass is 16.5. The van der Waals surface area contributed by atoms with Gasteiger partial charge in [-0.15, -0.1) is 0 Å². The fourth-order valence-corrected chi connectivity index (χ4v) is 2.19. The first kappa shape index (κ1) is 13.2. The van der Waals surface area contributed by atoms with Crippen molar-refractivity contribution in [2.45, 2.75) is 13.0 Å². The number of fused-ring (bicyclic) bond motifs is 1. The van der Waals surface area contributed by atoms with Crippen LogP contribution in [0, 0.1) is 0 Å². The standard InChI is InChI=1S/C17H14O4/c18-17(19)8-13-11-21-16-9-14(6-7-15(13)16)20-10-12-4-2-1-3-5-12/h1-7,9,11H,8,10H2,(H,18,19). The number of hydrogen-bond acceptors (Lipinski definition) is 3. The van der Waals surface area contributed by atoms with Crippen molar-refractivity contribution in [1.82, 2.24) is 0 Å². The average Bonchev–Trinajstić information content (AvgIpc) is 2.88. The maximum Gasteiger partial charge on any atom is 0.307 e. The summed E-state index contributed by atoms with van der Waals surface area (Å²) < 4.78 is 11.1. The lowest BCUT2D eigenvalue weighted by atomic mass is 10.1. The minimum absolute atomic E-state index is 0.0444. The fraction of sp³-hybridized carbons (Fsp3) is 0.118. The highest BCUT2D eigenvalue weighted by Gasteiger charge is 2.10. The van der Waals surface area contributed by atoms with Gasteiger partial charge in [-0.05, 0) is 17.7 Å². The lowest BCUT2D eigenvalue weighted by Crippen LogP contribution is -1.98. The molecule has 2 aromatic carbocycles. The second-order valence-electron chi connectivity index (χ2n) is 4.76. The Morgan fingerprint density at radius 1 is 1.14 bits per heavy atom. The van der Waals surface area contributed by atoms with E-state index < -0.39 is 5.97 Å². The first-order valence-corrected chi connectivity index (χ1v) is 6.61. The number of ether oxygens (including phenoxy) is 1. The number of aliphatic carboxylic acids is 1. The molecular formula is C17H14O4. The van der Waals surface area contributed by atoms with Crippen LogP contribution in [-0.4, -0.2) is 11.1 Å². The summed E-state index contributed by atoms with van der Waals surface area (Å²) in [6.45, 7) is 0.481. The number of rotatable bonds is 5. The van der Waals surface area contributed by atoms with Crippen LogP contribution in [0.5, 0.6) is 5.75 Å². The van der Waals surface area contributed by atoms with Gasteiger partial charge < -0.3 is 14.3 Å². The third kappa shape index (κ3) is 3.05. The molecule has 0 bridgehead atoms. The Morgan fingerprint density at radius 3 is 2.71 bits per heavy atom. The molecule has 1 aromatic heterocycles. The molecule has 4 heteroatoms. The molecule has 0 aliphatic rings. The molecule has 0 atom stereocenters. The summed E-state index contributed by atoms with van der Waals surface area (Å²) in [5.41, 5.74) is 2.40. The van der Waals surface area contributed by atoms with E-state index in [1.54, 1.807) is 6.07 Å². The summed E-state index contributed by atoms with van der Waals surface area (Å²) >= 11 is 0. The van der Waals surface area contributed by atoms with Gasteiger partial charge in [-0.2, -0.15) is 0 Å². The van der Waals surface area contributed by atoms with E-state index in [-0.39, 0.29) is 6.42 Å². The predicted molar refractivity (Wildman–Crippen MR) is 78.3 cm³/mol. The van der Waals surface area contributed by atoms with Crippen molar-refractivity contribution < 1.29 is 19.1 Å². The van der Waals surface area contributed by atoms with Gasteiger partial charge in [-0.25, -0.2) is 0 Å². The minimum atomic E-state index is -0.873. The van der Waals surface area contributed by atoms with E-state index in [0.717, 1.165) is 10.9 Å². The molecule has 0 spiro atoms. The van der Waals surface area contributed by atoms with Gasteiger partial charge in [0.2, 0.25) is 0 Å². The number of carboxylic acid groups (broad SMARTS) is 1. The van der Waals surface area contributed by atoms with Gasteiger partial charge >= 0.3 is 5.97 Å². The summed E-state index contributed by atoms with van der Waals surface area (Å²) in [7, 11) is 0. The van der Waals surface area contributed by atoms with E-state index in [1.807, 2.05) is 42.5 Å². The van der Waals surface area contributed by atoms with Gasteiger partial charge in [0.25, 0.3) is 0 Å². The Hall–Kier alpha value is -2.75. The lowest BCUT2D eigenvalue weighted by Gasteiger charge is -2.06. The number of benzene rings is 2. The van der Waals surface area contributed by atoms with Crippen LogP contribution in [0.2, 0.25) is 0 Å². The van der Waals surface area contributed by atoms with Crippen molar-refractivity contribution >= 4 is 16.9 Å². The zero-order valence-electron chi connectivity index (χ0n) is 11.3. The molecule has 0 fully saturated rings. The van der Waals surface area contributed by atoms with Crippen molar-refractivity contribution in [2.24, 2.45) is 0 Å². The fourth-order valence-electron chi connectivity index (χ4n) is 2.19. The van der Waals surface area contributed by atoms with Crippen molar-refractivity contribution in [2.75, 3.05) is 0 Å². The van der Waals surface area contributed by atoms with E-state index in [1.165, 1.54) is 6.26 Å². The van der Waals surface area contributed by atoms with Crippen LogP contribution in [0.4, 0.5) is 0 Å². The molecule has 3 aromatic rings. The molecule has 1 N–H and O–H groups in total. The first-order chi connectivity index (χ1) is 10.2. The zero-order valence-corrected chi connectivity index (χ0v) is 11.3. The van der Waals surface area contributed by atoms with Crippen LogP contribution in [0.15, 0.2) is 59.2 Å². The van der Waals surface area contributed by atoms with E-state index in [4.69, 9.17) is 14.3 Å². The van der Waals surface area contributed by atoms with Gasteiger partial charge in [0.1, 0.15) is 17.9 Å². The summed E-state index contributed by atoms with van der Waals surface area (Å²) in [5.74, 6) is -0.176. The van der Waals surface area contributed by atoms with Crippen LogP contribution in [0.1, 0.15) is 11.1 Å². The molecule has 106 valence electrons. The Kier molecular flexibility index (Phi) is 3.60. The van der Waals surface area contributed by atoms with Crippen LogP contribution in [-0.2, 0) is 17.8 Å². The third-order valence-corrected chi connectivity index (χ3v) is 3.22. The Balaban J connectivity index is 1.77. The van der Waals surface area contributed by atoms with Gasteiger partial charge in [0.05, 0.1) is 12.7 Å². The van der Waals surface area contributed by atoms with E-state index in [9.17, 15) is 4.79 Å². The van der Waals surface area contributed by atoms with Crippen LogP contribution in [0.3, 0.4) is 0 Å². The maximum absolute atomic E-state index is 10.8. The topological polar surface area (TPSA) is 59.7 Å². The summed E-state index contributed by atoms with van der Waals surface area (Å²) in [5, 5.41) is 9.65. The summed E-state index contributed by atoms with van der Waals surface area (Å²) in [6, 6.07) is 15.3. The molecule has 0 aliphatic heterocycles. The largest absolute Gasteiger partial charge is 0.489 e. The SMILES string of the molecule is O=C(O)Cc1coc2cc(OCc3ccccc3)ccc12. The van der Waals surface area contributed by atoms with E-state index in [0.29, 0.717) is 23.5 Å². The lowest BCUT2D eigenvalue weighted by molar-refractivity contribution is -0.136. The quantitative estimate of drug-likeness (QED) is 0.776. The van der Waals surface area contributed by atoms with E-state index in [2.05, 4.69) is 0 Å². The molecule has 1 heterocycles. The normalized spacial score (nSPS) is 10.7. The molecule has 0 aliphatic carbocycles. The highest BCUT2D eigenvalue weighted by molar-refractivity contribution is 5.86. The molecule has 0 saturated carbocycles. The molecule has 0 saturated heterocycles. The smallest absolute Gasteiger partial charge is 0.307 e. The Labute approximate surface area is 121 Å². The number of carbonyl (C=O) groups is 1. The zero-order chi connectivity index (χ0) is 14.7. The van der Waals surface area contributed by atoms with Gasteiger partial charge in [0, 0.05) is 17.0 Å². The molecular weight excluding hydrogens is 268 g/mol. The highest BCUT2D eigenvalue weighted by Crippen LogP contribution is 2.26. The molecule has 3 rings (SSSR count). The molecule has 4 nitrogen and oxygen atoms in total. The predicted octanol–water partition coefficient (Wildman–Crippen LogP) is 3.64. The maximum atomic E-state index is 10.8. The minimum Gasteiger partial charge on any atom is -0.489 e. The van der Waals surface area contributed by atoms with Crippen molar-refractivity contribution in [3.63, 3.8) is 0 Å². The Morgan fingerprint density at radius 2 is 1.95 bits per heavy atom. The van der Waals surface area contributed by atoms with Crippen molar-refractivity contribution in [3.8, 4) is 5.75 Å². The monoisotopic (exact) mass is 282 g/mol.